The Bertz CT molecular complexity index is 154. The van der Waals surface area contributed by atoms with Gasteiger partial charge in [0.25, 0.3) is 0 Å². The predicted octanol–water partition coefficient (Wildman–Crippen LogP) is 2.60. The van der Waals surface area contributed by atoms with E-state index in [0.717, 1.165) is 5.76 Å². The van der Waals surface area contributed by atoms with Crippen molar-refractivity contribution in [1.82, 2.24) is 0 Å². The molecule has 0 heterocycles. The fourth-order valence-corrected chi connectivity index (χ4v) is 0.905. The van der Waals surface area contributed by atoms with Gasteiger partial charge in [0.2, 0.25) is 0 Å². The van der Waals surface area contributed by atoms with Crippen molar-refractivity contribution in [3.63, 3.8) is 0 Å². The fourth-order valence-electron chi connectivity index (χ4n) is 0.905. The zero-order valence-corrected chi connectivity index (χ0v) is 8.97. The first-order chi connectivity index (χ1) is 5.41. The molecule has 0 aliphatic carbocycles. The smallest absolute Gasteiger partial charge is 0.0994 e. The van der Waals surface area contributed by atoms with Gasteiger partial charge in [-0.1, -0.05) is 20.8 Å². The van der Waals surface area contributed by atoms with E-state index >= 15 is 0 Å². The van der Waals surface area contributed by atoms with Gasteiger partial charge in [0.15, 0.2) is 0 Å². The highest BCUT2D eigenvalue weighted by atomic mass is 16.5. The largest absolute Gasteiger partial charge is 0.501 e. The van der Waals surface area contributed by atoms with Crippen LogP contribution in [0.25, 0.3) is 0 Å². The van der Waals surface area contributed by atoms with Gasteiger partial charge in [-0.2, -0.15) is 0 Å². The van der Waals surface area contributed by atoms with Crippen molar-refractivity contribution in [1.29, 1.82) is 0 Å². The van der Waals surface area contributed by atoms with Crippen LogP contribution in [-0.4, -0.2) is 20.3 Å². The minimum atomic E-state index is 0.0571. The molecule has 1 atom stereocenters. The lowest BCUT2D eigenvalue weighted by Gasteiger charge is -2.22. The molecular formula is C10H20O2. The van der Waals surface area contributed by atoms with E-state index in [0.29, 0.717) is 0 Å². The summed E-state index contributed by atoms with van der Waals surface area (Å²) in [5.41, 5.74) is 0.0571. The molecule has 0 aliphatic heterocycles. The lowest BCUT2D eigenvalue weighted by molar-refractivity contribution is 0.141. The van der Waals surface area contributed by atoms with Crippen LogP contribution in [0.4, 0.5) is 0 Å². The normalized spacial score (nSPS) is 16.0. The third-order valence-corrected chi connectivity index (χ3v) is 1.72. The molecule has 72 valence electrons. The summed E-state index contributed by atoms with van der Waals surface area (Å²) in [6.45, 7) is 8.34. The molecule has 0 saturated heterocycles. The molecule has 0 aromatic heterocycles. The molecule has 0 spiro atoms. The second kappa shape index (κ2) is 4.51. The lowest BCUT2D eigenvalue weighted by atomic mass is 9.93. The predicted molar refractivity (Wildman–Crippen MR) is 51.0 cm³/mol. The van der Waals surface area contributed by atoms with E-state index in [1.54, 1.807) is 14.2 Å². The maximum atomic E-state index is 5.27. The first kappa shape index (κ1) is 11.5. The number of ether oxygens (including phenoxy) is 2. The Kier molecular flexibility index (Phi) is 4.32. The van der Waals surface area contributed by atoms with Crippen LogP contribution in [0.2, 0.25) is 0 Å². The molecule has 0 amide bonds. The Labute approximate surface area is 75.6 Å². The SMILES string of the molecule is COC(=CC(C)OC)C(C)(C)C. The molecule has 0 radical (unpaired) electrons. The Morgan fingerprint density at radius 2 is 1.75 bits per heavy atom. The summed E-state index contributed by atoms with van der Waals surface area (Å²) in [5, 5.41) is 0. The molecular weight excluding hydrogens is 152 g/mol. The first-order valence-corrected chi connectivity index (χ1v) is 4.21. The number of hydrogen-bond acceptors (Lipinski definition) is 2. The Hall–Kier alpha value is -0.500. The molecule has 0 fully saturated rings. The Balaban J connectivity index is 4.44. The molecule has 0 saturated carbocycles. The van der Waals surface area contributed by atoms with Gasteiger partial charge in [0.05, 0.1) is 19.0 Å². The molecule has 1 unspecified atom stereocenters. The zero-order valence-electron chi connectivity index (χ0n) is 8.97. The second-order valence-corrected chi connectivity index (χ2v) is 3.93. The van der Waals surface area contributed by atoms with Gasteiger partial charge >= 0.3 is 0 Å². The molecule has 0 aromatic carbocycles. The molecule has 0 rings (SSSR count). The molecule has 0 aromatic rings. The van der Waals surface area contributed by atoms with Crippen molar-refractivity contribution in [3.05, 3.63) is 11.8 Å². The molecule has 2 heteroatoms. The monoisotopic (exact) mass is 172 g/mol. The maximum absolute atomic E-state index is 5.27. The number of allylic oxidation sites excluding steroid dienone is 1. The minimum absolute atomic E-state index is 0.0571. The lowest BCUT2D eigenvalue weighted by Crippen LogP contribution is -2.14. The van der Waals surface area contributed by atoms with Gasteiger partial charge in [-0.25, -0.2) is 0 Å². The van der Waals surface area contributed by atoms with E-state index in [1.807, 2.05) is 13.0 Å². The molecule has 0 aliphatic rings. The van der Waals surface area contributed by atoms with Gasteiger partial charge in [0, 0.05) is 12.5 Å². The van der Waals surface area contributed by atoms with Gasteiger partial charge in [-0.15, -0.1) is 0 Å². The van der Waals surface area contributed by atoms with E-state index in [2.05, 4.69) is 20.8 Å². The standard InChI is InChI=1S/C10H20O2/c1-8(11-5)7-9(12-6)10(2,3)4/h7-8H,1-6H3. The third-order valence-electron chi connectivity index (χ3n) is 1.72. The average molecular weight is 172 g/mol. The molecule has 12 heavy (non-hydrogen) atoms. The third kappa shape index (κ3) is 3.77. The van der Waals surface area contributed by atoms with E-state index in [-0.39, 0.29) is 11.5 Å². The van der Waals surface area contributed by atoms with Crippen LogP contribution in [0.1, 0.15) is 27.7 Å². The number of hydrogen-bond donors (Lipinski definition) is 0. The minimum Gasteiger partial charge on any atom is -0.501 e. The highest BCUT2D eigenvalue weighted by Gasteiger charge is 2.18. The van der Waals surface area contributed by atoms with Gasteiger partial charge in [0.1, 0.15) is 0 Å². The van der Waals surface area contributed by atoms with Gasteiger partial charge in [-0.3, -0.25) is 0 Å². The topological polar surface area (TPSA) is 18.5 Å². The van der Waals surface area contributed by atoms with Gasteiger partial charge in [-0.05, 0) is 13.0 Å². The summed E-state index contributed by atoms with van der Waals surface area (Å²) in [6, 6.07) is 0. The van der Waals surface area contributed by atoms with E-state index in [9.17, 15) is 0 Å². The Morgan fingerprint density at radius 3 is 2.00 bits per heavy atom. The van der Waals surface area contributed by atoms with Crippen molar-refractivity contribution in [2.75, 3.05) is 14.2 Å². The summed E-state index contributed by atoms with van der Waals surface area (Å²) in [7, 11) is 3.39. The van der Waals surface area contributed by atoms with Crippen LogP contribution in [0.3, 0.4) is 0 Å². The highest BCUT2D eigenvalue weighted by molar-refractivity contribution is 5.05. The van der Waals surface area contributed by atoms with Crippen molar-refractivity contribution in [2.45, 2.75) is 33.8 Å². The quantitative estimate of drug-likeness (QED) is 0.609. The van der Waals surface area contributed by atoms with Crippen molar-refractivity contribution in [3.8, 4) is 0 Å². The average Bonchev–Trinajstić information content (AvgIpc) is 1.97. The summed E-state index contributed by atoms with van der Waals surface area (Å²) >= 11 is 0. The Morgan fingerprint density at radius 1 is 1.25 bits per heavy atom. The van der Waals surface area contributed by atoms with Crippen molar-refractivity contribution in [2.24, 2.45) is 5.41 Å². The highest BCUT2D eigenvalue weighted by Crippen LogP contribution is 2.25. The van der Waals surface area contributed by atoms with E-state index in [4.69, 9.17) is 9.47 Å². The van der Waals surface area contributed by atoms with Gasteiger partial charge < -0.3 is 9.47 Å². The second-order valence-electron chi connectivity index (χ2n) is 3.93. The number of rotatable bonds is 3. The van der Waals surface area contributed by atoms with Crippen LogP contribution in [0.15, 0.2) is 11.8 Å². The zero-order chi connectivity index (χ0) is 9.78. The summed E-state index contributed by atoms with van der Waals surface area (Å²) in [4.78, 5) is 0. The fraction of sp³-hybridized carbons (Fsp3) is 0.800. The summed E-state index contributed by atoms with van der Waals surface area (Å²) in [6.07, 6.45) is 2.11. The van der Waals surface area contributed by atoms with Crippen LogP contribution < -0.4 is 0 Å². The summed E-state index contributed by atoms with van der Waals surface area (Å²) in [5.74, 6) is 0.969. The first-order valence-electron chi connectivity index (χ1n) is 4.21. The van der Waals surface area contributed by atoms with E-state index in [1.165, 1.54) is 0 Å². The molecule has 0 N–H and O–H groups in total. The van der Waals surface area contributed by atoms with E-state index < -0.39 is 0 Å². The maximum Gasteiger partial charge on any atom is 0.0994 e. The molecule has 2 nitrogen and oxygen atoms in total. The van der Waals surface area contributed by atoms with Crippen LogP contribution in [0, 0.1) is 5.41 Å². The summed E-state index contributed by atoms with van der Waals surface area (Å²) < 4.78 is 10.4. The van der Waals surface area contributed by atoms with Crippen molar-refractivity contribution < 1.29 is 9.47 Å². The number of methoxy groups -OCH3 is 2. The molecule has 0 bridgehead atoms. The van der Waals surface area contributed by atoms with Crippen molar-refractivity contribution >= 4 is 0 Å². The van der Waals surface area contributed by atoms with Crippen LogP contribution in [-0.2, 0) is 9.47 Å². The van der Waals surface area contributed by atoms with Crippen LogP contribution in [0.5, 0.6) is 0 Å². The van der Waals surface area contributed by atoms with Crippen LogP contribution >= 0.6 is 0 Å².